The Morgan fingerprint density at radius 2 is 2.14 bits per heavy atom. The molecule has 2 heterocycles. The molecule has 1 aliphatic rings. The van der Waals surface area contributed by atoms with E-state index in [1.807, 2.05) is 12.1 Å². The zero-order valence-corrected chi connectivity index (χ0v) is 17.1. The molecule has 0 aliphatic carbocycles. The van der Waals surface area contributed by atoms with Gasteiger partial charge in [-0.3, -0.25) is 9.59 Å². The van der Waals surface area contributed by atoms with Gasteiger partial charge in [0.1, 0.15) is 5.82 Å². The summed E-state index contributed by atoms with van der Waals surface area (Å²) >= 11 is 0. The number of carbonyl (C=O) groups is 2. The van der Waals surface area contributed by atoms with Gasteiger partial charge in [-0.15, -0.1) is 0 Å². The number of nitrogens with zero attached hydrogens (tertiary/aromatic N) is 2. The lowest BCUT2D eigenvalue weighted by atomic mass is 9.93. The van der Waals surface area contributed by atoms with Crippen molar-refractivity contribution in [2.24, 2.45) is 11.7 Å². The van der Waals surface area contributed by atoms with Crippen molar-refractivity contribution in [3.8, 4) is 0 Å². The molecule has 29 heavy (non-hydrogen) atoms. The highest BCUT2D eigenvalue weighted by atomic mass is 16.5. The van der Waals surface area contributed by atoms with Gasteiger partial charge in [0.05, 0.1) is 24.6 Å². The molecule has 8 nitrogen and oxygen atoms in total. The van der Waals surface area contributed by atoms with Gasteiger partial charge in [-0.1, -0.05) is 0 Å². The maximum Gasteiger partial charge on any atom is 0.307 e. The average molecular weight is 402 g/mol. The molecule has 3 rings (SSSR count). The van der Waals surface area contributed by atoms with E-state index >= 15 is 0 Å². The summed E-state index contributed by atoms with van der Waals surface area (Å²) in [6.07, 6.45) is 4.62. The monoisotopic (exact) mass is 401 g/mol. The van der Waals surface area contributed by atoms with Crippen molar-refractivity contribution in [1.29, 1.82) is 0 Å². The fraction of sp³-hybridized carbons (Fsp3) is 0.571. The summed E-state index contributed by atoms with van der Waals surface area (Å²) in [6.45, 7) is 3.69. The van der Waals surface area contributed by atoms with E-state index in [0.717, 1.165) is 48.7 Å². The zero-order valence-electron chi connectivity index (χ0n) is 17.1. The van der Waals surface area contributed by atoms with Crippen LogP contribution < -0.4 is 16.4 Å². The minimum atomic E-state index is -0.348. The number of fused-ring (bicyclic) bond motifs is 1. The minimum Gasteiger partial charge on any atom is -0.469 e. The van der Waals surface area contributed by atoms with Crippen LogP contribution in [0.3, 0.4) is 0 Å². The summed E-state index contributed by atoms with van der Waals surface area (Å²) in [5, 5.41) is 6.15. The molecule has 0 bridgehead atoms. The number of piperidine rings is 1. The molecule has 1 saturated heterocycles. The number of aromatic nitrogens is 2. The standard InChI is InChI=1S/C21H31N5O3/c1-29-20(27)8-12-24-21(28)16-3-4-18-17(14-16)25-19(26(18)13-9-22)5-2-15-6-10-23-11-7-15/h3-4,14-15,23H,2,5-13,22H2,1H3,(H,24,28). The first-order valence-electron chi connectivity index (χ1n) is 10.4. The molecule has 1 fully saturated rings. The van der Waals surface area contributed by atoms with Crippen LogP contribution in [-0.2, 0) is 22.5 Å². The van der Waals surface area contributed by atoms with E-state index < -0.39 is 0 Å². The molecule has 4 N–H and O–H groups in total. The van der Waals surface area contributed by atoms with Gasteiger partial charge in [-0.25, -0.2) is 4.98 Å². The Hall–Kier alpha value is -2.45. The molecule has 0 unspecified atom stereocenters. The van der Waals surface area contributed by atoms with E-state index in [2.05, 4.69) is 19.9 Å². The number of amides is 1. The Morgan fingerprint density at radius 1 is 1.34 bits per heavy atom. The molecular weight excluding hydrogens is 370 g/mol. The van der Waals surface area contributed by atoms with Crippen molar-refractivity contribution in [2.75, 3.05) is 33.3 Å². The van der Waals surface area contributed by atoms with Crippen LogP contribution in [0.5, 0.6) is 0 Å². The van der Waals surface area contributed by atoms with E-state index in [1.165, 1.54) is 20.0 Å². The van der Waals surface area contributed by atoms with Crippen LogP contribution in [0.4, 0.5) is 0 Å². The van der Waals surface area contributed by atoms with E-state index in [9.17, 15) is 9.59 Å². The first kappa shape index (κ1) is 21.3. The Labute approximate surface area is 171 Å². The summed E-state index contributed by atoms with van der Waals surface area (Å²) in [5.41, 5.74) is 8.17. The highest BCUT2D eigenvalue weighted by molar-refractivity contribution is 5.97. The number of hydrogen-bond donors (Lipinski definition) is 3. The number of benzene rings is 1. The molecule has 0 radical (unpaired) electrons. The molecule has 8 heteroatoms. The van der Waals surface area contributed by atoms with Crippen LogP contribution in [0.1, 0.15) is 41.9 Å². The molecule has 0 atom stereocenters. The average Bonchev–Trinajstić information content (AvgIpc) is 3.09. The highest BCUT2D eigenvalue weighted by Crippen LogP contribution is 2.22. The van der Waals surface area contributed by atoms with Crippen LogP contribution >= 0.6 is 0 Å². The van der Waals surface area contributed by atoms with Gasteiger partial charge in [-0.2, -0.15) is 0 Å². The Kier molecular flexibility index (Phi) is 7.60. The normalized spacial score (nSPS) is 14.8. The predicted molar refractivity (Wildman–Crippen MR) is 112 cm³/mol. The zero-order chi connectivity index (χ0) is 20.6. The topological polar surface area (TPSA) is 111 Å². The molecular formula is C21H31N5O3. The maximum atomic E-state index is 12.4. The van der Waals surface area contributed by atoms with Gasteiger partial charge >= 0.3 is 5.97 Å². The second-order valence-corrected chi connectivity index (χ2v) is 7.49. The lowest BCUT2D eigenvalue weighted by molar-refractivity contribution is -0.140. The molecule has 2 aromatic rings. The summed E-state index contributed by atoms with van der Waals surface area (Å²) in [5.74, 6) is 1.20. The van der Waals surface area contributed by atoms with Gasteiger partial charge in [0.25, 0.3) is 5.91 Å². The van der Waals surface area contributed by atoms with Crippen LogP contribution in [-0.4, -0.2) is 54.7 Å². The van der Waals surface area contributed by atoms with Gasteiger partial charge in [0, 0.05) is 31.6 Å². The summed E-state index contributed by atoms with van der Waals surface area (Å²) in [4.78, 5) is 28.4. The van der Waals surface area contributed by atoms with E-state index in [-0.39, 0.29) is 24.8 Å². The fourth-order valence-electron chi connectivity index (χ4n) is 3.88. The Bertz CT molecular complexity index is 842. The number of nitrogens with one attached hydrogen (secondary N) is 2. The third-order valence-electron chi connectivity index (χ3n) is 5.52. The van der Waals surface area contributed by atoms with Gasteiger partial charge in [-0.05, 0) is 56.5 Å². The second kappa shape index (κ2) is 10.4. The Balaban J connectivity index is 1.71. The predicted octanol–water partition coefficient (Wildman–Crippen LogP) is 1.22. The van der Waals surface area contributed by atoms with Crippen molar-refractivity contribution in [2.45, 2.75) is 38.6 Å². The van der Waals surface area contributed by atoms with Crippen LogP contribution in [0.25, 0.3) is 11.0 Å². The number of methoxy groups -OCH3 is 1. The van der Waals surface area contributed by atoms with Gasteiger partial charge < -0.3 is 25.7 Å². The van der Waals surface area contributed by atoms with E-state index in [1.54, 1.807) is 6.07 Å². The number of rotatable bonds is 9. The third-order valence-corrected chi connectivity index (χ3v) is 5.52. The quantitative estimate of drug-likeness (QED) is 0.545. The first-order chi connectivity index (χ1) is 14.1. The van der Waals surface area contributed by atoms with Crippen molar-refractivity contribution in [3.63, 3.8) is 0 Å². The van der Waals surface area contributed by atoms with Gasteiger partial charge in [0.15, 0.2) is 0 Å². The Morgan fingerprint density at radius 3 is 2.86 bits per heavy atom. The molecule has 0 spiro atoms. The number of esters is 1. The molecule has 0 saturated carbocycles. The number of aryl methyl sites for hydroxylation is 1. The molecule has 1 aliphatic heterocycles. The number of nitrogens with two attached hydrogens (primary N) is 1. The molecule has 158 valence electrons. The van der Waals surface area contributed by atoms with Crippen LogP contribution in [0.2, 0.25) is 0 Å². The molecule has 1 amide bonds. The van der Waals surface area contributed by atoms with Gasteiger partial charge in [0.2, 0.25) is 0 Å². The van der Waals surface area contributed by atoms with E-state index in [4.69, 9.17) is 10.7 Å². The van der Waals surface area contributed by atoms with Crippen molar-refractivity contribution in [3.05, 3.63) is 29.6 Å². The fourth-order valence-corrected chi connectivity index (χ4v) is 3.88. The maximum absolute atomic E-state index is 12.4. The largest absolute Gasteiger partial charge is 0.469 e. The third kappa shape index (κ3) is 5.55. The van der Waals surface area contributed by atoms with E-state index in [0.29, 0.717) is 18.7 Å². The molecule has 1 aromatic heterocycles. The lowest BCUT2D eigenvalue weighted by Crippen LogP contribution is -2.28. The second-order valence-electron chi connectivity index (χ2n) is 7.49. The number of carbonyl (C=O) groups excluding carboxylic acids is 2. The van der Waals surface area contributed by atoms with Crippen molar-refractivity contribution < 1.29 is 14.3 Å². The summed E-state index contributed by atoms with van der Waals surface area (Å²) in [6, 6.07) is 5.53. The minimum absolute atomic E-state index is 0.149. The first-order valence-corrected chi connectivity index (χ1v) is 10.4. The van der Waals surface area contributed by atoms with Crippen LogP contribution in [0, 0.1) is 5.92 Å². The number of imidazole rings is 1. The lowest BCUT2D eigenvalue weighted by Gasteiger charge is -2.22. The summed E-state index contributed by atoms with van der Waals surface area (Å²) in [7, 11) is 1.33. The summed E-state index contributed by atoms with van der Waals surface area (Å²) < 4.78 is 6.76. The highest BCUT2D eigenvalue weighted by Gasteiger charge is 2.17. The van der Waals surface area contributed by atoms with Crippen molar-refractivity contribution >= 4 is 22.9 Å². The number of hydrogen-bond acceptors (Lipinski definition) is 6. The smallest absolute Gasteiger partial charge is 0.307 e. The SMILES string of the molecule is COC(=O)CCNC(=O)c1ccc2c(c1)nc(CCC1CCNCC1)n2CCN. The molecule has 1 aromatic carbocycles. The van der Waals surface area contributed by atoms with Crippen LogP contribution in [0.15, 0.2) is 18.2 Å². The number of ether oxygens (including phenoxy) is 1. The van der Waals surface area contributed by atoms with Crippen molar-refractivity contribution in [1.82, 2.24) is 20.2 Å².